The van der Waals surface area contributed by atoms with Crippen molar-refractivity contribution in [2.45, 2.75) is 81.5 Å². The first-order chi connectivity index (χ1) is 20.2. The van der Waals surface area contributed by atoms with Crippen molar-refractivity contribution < 1.29 is 62.6 Å². The highest BCUT2D eigenvalue weighted by molar-refractivity contribution is 5.90. The highest BCUT2D eigenvalue weighted by Gasteiger charge is 2.72. The summed E-state index contributed by atoms with van der Waals surface area (Å²) in [4.78, 5) is 63.7. The number of carbonyl (C=O) groups is 5. The van der Waals surface area contributed by atoms with E-state index in [9.17, 15) is 29.1 Å². The number of likely N-dealkylation sites (N-methyl/N-ethyl adjacent to an activating group) is 1. The van der Waals surface area contributed by atoms with E-state index in [0.29, 0.717) is 30.9 Å². The molecule has 0 unspecified atom stereocenters. The Balaban J connectivity index is 1.52. The molecule has 5 rings (SSSR count). The van der Waals surface area contributed by atoms with Crippen LogP contribution in [0.3, 0.4) is 0 Å². The molecule has 2 heterocycles. The summed E-state index contributed by atoms with van der Waals surface area (Å²) >= 11 is 0. The van der Waals surface area contributed by atoms with E-state index in [1.165, 1.54) is 13.2 Å². The van der Waals surface area contributed by atoms with E-state index in [2.05, 4.69) is 4.90 Å². The van der Waals surface area contributed by atoms with Crippen molar-refractivity contribution in [1.29, 1.82) is 0 Å². The summed E-state index contributed by atoms with van der Waals surface area (Å²) in [5.74, 6) is -5.44. The topological polar surface area (TPSA) is 184 Å². The van der Waals surface area contributed by atoms with E-state index in [0.717, 1.165) is 31.9 Å². The molecule has 14 heteroatoms. The lowest BCUT2D eigenvalue weighted by Gasteiger charge is -2.61. The smallest absolute Gasteiger partial charge is 0.357 e. The highest BCUT2D eigenvalue weighted by Crippen LogP contribution is 2.65. The van der Waals surface area contributed by atoms with Gasteiger partial charge in [0, 0.05) is 31.9 Å². The Bertz CT molecular complexity index is 1420. The average Bonchev–Trinajstić information content (AvgIpc) is 3.29. The molecular formula is C29H33NO13. The third-order valence-electron chi connectivity index (χ3n) is 8.74. The number of likely N-dealkylation sites (tertiary alicyclic amines) is 1. The molecule has 0 radical (unpaired) electrons. The number of hydrogen-bond donors (Lipinski definition) is 2. The number of methoxy groups -OCH3 is 1. The van der Waals surface area contributed by atoms with Gasteiger partial charge >= 0.3 is 29.8 Å². The molecular weight excluding hydrogens is 570 g/mol. The van der Waals surface area contributed by atoms with Gasteiger partial charge in [-0.25, -0.2) is 14.4 Å². The van der Waals surface area contributed by atoms with Crippen LogP contribution in [-0.2, 0) is 54.8 Å². The van der Waals surface area contributed by atoms with Crippen molar-refractivity contribution in [3.05, 3.63) is 35.1 Å². The minimum atomic E-state index is -2.18. The van der Waals surface area contributed by atoms with Crippen LogP contribution in [0, 0.1) is 0 Å². The monoisotopic (exact) mass is 603 g/mol. The fraction of sp³-hybridized carbons (Fsp3) is 0.552. The van der Waals surface area contributed by atoms with Gasteiger partial charge in [-0.05, 0) is 51.1 Å². The SMILES string of the molecule is COc1ccc2c3c1O[C@H]1C(OC(=O)[C@@H](OC(C)=O)[C@H](OC(C)=O)C(=O)O[C@@H](C)C(=O)O)=CC[C@@]4(O)[C@@H](C2)N(C)CC[C@]314. The molecule has 2 aliphatic carbocycles. The number of aliphatic carboxylic acids is 1. The van der Waals surface area contributed by atoms with Crippen LogP contribution in [0.2, 0.25) is 0 Å². The summed E-state index contributed by atoms with van der Waals surface area (Å²) in [5.41, 5.74) is -0.563. The second-order valence-corrected chi connectivity index (χ2v) is 11.2. The first kappa shape index (κ1) is 30.3. The molecule has 1 saturated heterocycles. The first-order valence-electron chi connectivity index (χ1n) is 13.7. The standard InChI is InChI=1S/C29H33NO13/c1-13(25(33)34)39-26(35)22(40-14(2)31)23(41-15(3)32)27(36)42-18-8-9-29(37)19-12-16-6-7-17(38-5)21-20(16)28(29,24(18)43-21)10-11-30(19)4/h6-8,13,19,22-24,37H,9-12H2,1-5H3,(H,33,34)/t13-,19+,22-,23-,24-,28-,29+/m0/s1. The number of rotatable bonds is 9. The van der Waals surface area contributed by atoms with Crippen LogP contribution in [0.25, 0.3) is 0 Å². The van der Waals surface area contributed by atoms with E-state index in [1.807, 2.05) is 13.1 Å². The summed E-state index contributed by atoms with van der Waals surface area (Å²) in [6, 6.07) is 3.45. The summed E-state index contributed by atoms with van der Waals surface area (Å²) < 4.78 is 32.6. The van der Waals surface area contributed by atoms with E-state index < -0.39 is 65.3 Å². The lowest BCUT2D eigenvalue weighted by molar-refractivity contribution is -0.194. The number of nitrogens with zero attached hydrogens (tertiary/aromatic N) is 1. The second-order valence-electron chi connectivity index (χ2n) is 11.2. The van der Waals surface area contributed by atoms with Gasteiger partial charge in [0.1, 0.15) is 5.76 Å². The molecule has 4 aliphatic rings. The zero-order valence-corrected chi connectivity index (χ0v) is 24.3. The fourth-order valence-electron chi connectivity index (χ4n) is 6.88. The Hall–Kier alpha value is -4.17. The summed E-state index contributed by atoms with van der Waals surface area (Å²) in [6.45, 7) is 3.56. The largest absolute Gasteiger partial charge is 0.493 e. The highest BCUT2D eigenvalue weighted by atomic mass is 16.6. The van der Waals surface area contributed by atoms with Crippen molar-refractivity contribution in [1.82, 2.24) is 4.90 Å². The maximum absolute atomic E-state index is 13.6. The van der Waals surface area contributed by atoms with Crippen molar-refractivity contribution in [2.24, 2.45) is 0 Å². The van der Waals surface area contributed by atoms with E-state index >= 15 is 0 Å². The van der Waals surface area contributed by atoms with Crippen molar-refractivity contribution in [3.63, 3.8) is 0 Å². The molecule has 1 aromatic carbocycles. The lowest BCUT2D eigenvalue weighted by Crippen LogP contribution is -2.74. The van der Waals surface area contributed by atoms with Gasteiger partial charge in [-0.1, -0.05) is 6.07 Å². The zero-order valence-electron chi connectivity index (χ0n) is 24.3. The van der Waals surface area contributed by atoms with Gasteiger partial charge in [-0.3, -0.25) is 9.59 Å². The third-order valence-corrected chi connectivity index (χ3v) is 8.74. The van der Waals surface area contributed by atoms with Gasteiger partial charge in [-0.15, -0.1) is 0 Å². The van der Waals surface area contributed by atoms with Gasteiger partial charge < -0.3 is 43.5 Å². The van der Waals surface area contributed by atoms with Crippen LogP contribution in [0.4, 0.5) is 0 Å². The Labute approximate surface area is 246 Å². The minimum Gasteiger partial charge on any atom is -0.493 e. The van der Waals surface area contributed by atoms with Crippen LogP contribution in [0.1, 0.15) is 44.7 Å². The minimum absolute atomic E-state index is 0.00456. The summed E-state index contributed by atoms with van der Waals surface area (Å²) in [6.07, 6.45) is -4.37. The van der Waals surface area contributed by atoms with Gasteiger partial charge in [0.15, 0.2) is 23.7 Å². The molecule has 0 saturated carbocycles. The Morgan fingerprint density at radius 1 is 1.05 bits per heavy atom. The molecule has 2 bridgehead atoms. The molecule has 1 aromatic rings. The van der Waals surface area contributed by atoms with Gasteiger partial charge in [0.25, 0.3) is 0 Å². The first-order valence-corrected chi connectivity index (χ1v) is 13.7. The van der Waals surface area contributed by atoms with E-state index in [-0.39, 0.29) is 18.2 Å². The summed E-state index contributed by atoms with van der Waals surface area (Å²) in [5, 5.41) is 21.5. The predicted octanol–water partition coefficient (Wildman–Crippen LogP) is 0.396. The number of esters is 4. The maximum Gasteiger partial charge on any atom is 0.357 e. The van der Waals surface area contributed by atoms with Crippen LogP contribution in [0.5, 0.6) is 11.5 Å². The quantitative estimate of drug-likeness (QED) is 0.292. The maximum atomic E-state index is 13.6. The molecule has 232 valence electrons. The number of aliphatic hydroxyl groups is 1. The number of ether oxygens (including phenoxy) is 6. The van der Waals surface area contributed by atoms with Gasteiger partial charge in [0.05, 0.1) is 18.1 Å². The Kier molecular flexibility index (Phi) is 7.63. The van der Waals surface area contributed by atoms with Crippen molar-refractivity contribution >= 4 is 29.8 Å². The molecule has 0 amide bonds. The molecule has 2 aliphatic heterocycles. The molecule has 0 aromatic heterocycles. The van der Waals surface area contributed by atoms with E-state index in [1.54, 1.807) is 6.07 Å². The number of carboxylic acid groups (broad SMARTS) is 1. The van der Waals surface area contributed by atoms with Crippen LogP contribution in [0.15, 0.2) is 24.0 Å². The molecule has 43 heavy (non-hydrogen) atoms. The molecule has 1 fully saturated rings. The van der Waals surface area contributed by atoms with Gasteiger partial charge in [-0.2, -0.15) is 0 Å². The zero-order chi connectivity index (χ0) is 31.4. The number of carboxylic acids is 1. The second kappa shape index (κ2) is 10.8. The fourth-order valence-corrected chi connectivity index (χ4v) is 6.88. The number of carbonyl (C=O) groups excluding carboxylic acids is 4. The Morgan fingerprint density at radius 3 is 2.30 bits per heavy atom. The molecule has 2 N–H and O–H groups in total. The number of benzene rings is 1. The van der Waals surface area contributed by atoms with E-state index in [4.69, 9.17) is 33.5 Å². The average molecular weight is 604 g/mol. The lowest BCUT2D eigenvalue weighted by atomic mass is 9.50. The summed E-state index contributed by atoms with van der Waals surface area (Å²) in [7, 11) is 3.44. The third kappa shape index (κ3) is 4.68. The number of piperidine rings is 1. The van der Waals surface area contributed by atoms with Crippen LogP contribution < -0.4 is 9.47 Å². The number of hydrogen-bond acceptors (Lipinski definition) is 13. The van der Waals surface area contributed by atoms with Gasteiger partial charge in [0.2, 0.25) is 12.2 Å². The Morgan fingerprint density at radius 2 is 1.70 bits per heavy atom. The van der Waals surface area contributed by atoms with Crippen molar-refractivity contribution in [3.8, 4) is 11.5 Å². The normalized spacial score (nSPS) is 28.6. The van der Waals surface area contributed by atoms with Crippen molar-refractivity contribution in [2.75, 3.05) is 20.7 Å². The van der Waals surface area contributed by atoms with Crippen LogP contribution >= 0.6 is 0 Å². The predicted molar refractivity (Wildman–Crippen MR) is 142 cm³/mol. The molecule has 7 atom stereocenters. The molecule has 14 nitrogen and oxygen atoms in total. The van der Waals surface area contributed by atoms with Crippen LogP contribution in [-0.4, -0.2) is 102 Å². The molecule has 1 spiro atoms.